The Balaban J connectivity index is 0.00000246. The number of hydrogen-bond acceptors (Lipinski definition) is 8. The number of ether oxygens (including phenoxy) is 5. The van der Waals surface area contributed by atoms with Gasteiger partial charge in [0.15, 0.2) is 29.6 Å². The predicted molar refractivity (Wildman–Crippen MR) is 210 cm³/mol. The molecule has 0 bridgehead atoms. The molecule has 2 aromatic carbocycles. The first kappa shape index (κ1) is 44.1. The van der Waals surface area contributed by atoms with Crippen LogP contribution in [-0.2, 0) is 14.8 Å². The number of allylic oxidation sites excluding steroid dienone is 7. The fourth-order valence-electron chi connectivity index (χ4n) is 4.52. The minimum Gasteiger partial charge on any atom is -0.493 e. The Morgan fingerprint density at radius 3 is 2.25 bits per heavy atom. The van der Waals surface area contributed by atoms with Gasteiger partial charge in [-0.1, -0.05) is 82.5 Å². The minimum absolute atomic E-state index is 0.00137. The van der Waals surface area contributed by atoms with Crippen LogP contribution in [0.15, 0.2) is 106 Å². The van der Waals surface area contributed by atoms with Gasteiger partial charge in [-0.2, -0.15) is 0 Å². The molecule has 0 spiro atoms. The zero-order chi connectivity index (χ0) is 38.6. The van der Waals surface area contributed by atoms with E-state index in [0.29, 0.717) is 35.0 Å². The Kier molecular flexibility index (Phi) is 19.7. The number of rotatable bonds is 14. The number of fused-ring (bicyclic) bond motifs is 1. The van der Waals surface area contributed by atoms with Crippen LogP contribution < -0.4 is 23.7 Å². The molecule has 0 saturated heterocycles. The molecule has 9 nitrogen and oxygen atoms in total. The first-order chi connectivity index (χ1) is 24.4. The van der Waals surface area contributed by atoms with Crippen LogP contribution in [0.3, 0.4) is 0 Å². The quantitative estimate of drug-likeness (QED) is 0.0517. The molecule has 0 saturated carbocycles. The first-order valence-electron chi connectivity index (χ1n) is 17.1. The standard InChI is InChI=1S/C36H44N2O7S.C3H6.C2H6/c1-10-21-42-36(37-26(7)29-17-19-31-33(22-29)44-23-43-31)35(45-32-16-14-13-15-30(32)41-9)27(8)38-46(39,40)34(25(6)11-2)20-18-28(12-3)24(4)5;1-3-2;1-2/h1,12-20,22,24,26,38H,11,21,23H2,2-9H3;3H,1H2,2H3;1-2H3/b20-18-,28-12+,34-25-,35-27-,37-36?;;. The first-order valence-corrected chi connectivity index (χ1v) is 18.5. The molecule has 2 aromatic rings. The number of sulfonamides is 1. The Labute approximate surface area is 306 Å². The van der Waals surface area contributed by atoms with Gasteiger partial charge in [0.25, 0.3) is 15.9 Å². The molecule has 0 aliphatic carbocycles. The van der Waals surface area contributed by atoms with Gasteiger partial charge < -0.3 is 23.7 Å². The van der Waals surface area contributed by atoms with Crippen molar-refractivity contribution in [3.8, 4) is 35.3 Å². The van der Waals surface area contributed by atoms with Crippen LogP contribution in [0, 0.1) is 18.3 Å². The van der Waals surface area contributed by atoms with Crippen molar-refractivity contribution in [2.24, 2.45) is 10.9 Å². The molecule has 1 aliphatic heterocycles. The van der Waals surface area contributed by atoms with Gasteiger partial charge in [-0.25, -0.2) is 13.4 Å². The van der Waals surface area contributed by atoms with Crippen LogP contribution in [-0.4, -0.2) is 34.8 Å². The van der Waals surface area contributed by atoms with Crippen LogP contribution >= 0.6 is 0 Å². The molecule has 0 radical (unpaired) electrons. The van der Waals surface area contributed by atoms with Crippen molar-refractivity contribution in [3.05, 3.63) is 106 Å². The fourth-order valence-corrected chi connectivity index (χ4v) is 5.98. The van der Waals surface area contributed by atoms with Crippen LogP contribution in [0.2, 0.25) is 0 Å². The number of methoxy groups -OCH3 is 1. The van der Waals surface area contributed by atoms with Gasteiger partial charge in [0.1, 0.15) is 0 Å². The molecule has 0 aromatic heterocycles. The summed E-state index contributed by atoms with van der Waals surface area (Å²) in [4.78, 5) is 4.96. The minimum atomic E-state index is -4.09. The lowest BCUT2D eigenvalue weighted by molar-refractivity contribution is 0.174. The van der Waals surface area contributed by atoms with Crippen LogP contribution in [0.5, 0.6) is 23.0 Å². The SMILES string of the molecule is C#CCOC(=NC(C)c1ccc2c(c1)OCO2)/C(Oc1ccccc1OC)=C(\C)NS(=O)(=O)C(/C=C\C(=C/C)C(C)C)=C(/C)CC.C=CC.CC. The molecule has 51 heavy (non-hydrogen) atoms. The Morgan fingerprint density at radius 1 is 1.06 bits per heavy atom. The summed E-state index contributed by atoms with van der Waals surface area (Å²) in [6.07, 6.45) is 13.3. The number of nitrogens with zero attached hydrogens (tertiary/aromatic N) is 1. The zero-order valence-electron chi connectivity index (χ0n) is 32.1. The summed E-state index contributed by atoms with van der Waals surface area (Å²) in [5.74, 6) is 4.69. The molecule has 0 amide bonds. The number of aliphatic imine (C=N–C) groups is 1. The van der Waals surface area contributed by atoms with Crippen molar-refractivity contribution >= 4 is 15.9 Å². The lowest BCUT2D eigenvalue weighted by Crippen LogP contribution is -2.28. The van der Waals surface area contributed by atoms with Crippen LogP contribution in [0.25, 0.3) is 0 Å². The van der Waals surface area contributed by atoms with Gasteiger partial charge in [0, 0.05) is 0 Å². The maximum Gasteiger partial charge on any atom is 0.261 e. The average Bonchev–Trinajstić information content (AvgIpc) is 3.59. The lowest BCUT2D eigenvalue weighted by Gasteiger charge is -2.20. The Hall–Kier alpha value is -4.88. The second-order valence-electron chi connectivity index (χ2n) is 11.2. The van der Waals surface area contributed by atoms with E-state index in [9.17, 15) is 8.42 Å². The molecule has 3 rings (SSSR count). The summed E-state index contributed by atoms with van der Waals surface area (Å²) in [5, 5.41) is 0. The number of benzene rings is 2. The largest absolute Gasteiger partial charge is 0.493 e. The molecule has 1 aliphatic rings. The van der Waals surface area contributed by atoms with Gasteiger partial charge >= 0.3 is 0 Å². The van der Waals surface area contributed by atoms with Crippen molar-refractivity contribution in [2.75, 3.05) is 20.5 Å². The summed E-state index contributed by atoms with van der Waals surface area (Å²) in [6.45, 7) is 22.4. The Bertz CT molecular complexity index is 1740. The third-order valence-corrected chi connectivity index (χ3v) is 8.89. The molecule has 1 unspecified atom stereocenters. The van der Waals surface area contributed by atoms with E-state index in [4.69, 9.17) is 35.1 Å². The van der Waals surface area contributed by atoms with Gasteiger partial charge in [-0.15, -0.1) is 13.0 Å². The second kappa shape index (κ2) is 22.8. The second-order valence-corrected chi connectivity index (χ2v) is 12.9. The maximum atomic E-state index is 14.0. The predicted octanol–water partition coefficient (Wildman–Crippen LogP) is 9.82. The van der Waals surface area contributed by atoms with E-state index >= 15 is 0 Å². The van der Waals surface area contributed by atoms with Crippen LogP contribution in [0.4, 0.5) is 0 Å². The van der Waals surface area contributed by atoms with Crippen molar-refractivity contribution in [1.82, 2.24) is 4.72 Å². The van der Waals surface area contributed by atoms with E-state index in [1.807, 2.05) is 71.9 Å². The smallest absolute Gasteiger partial charge is 0.261 e. The summed E-state index contributed by atoms with van der Waals surface area (Å²) < 4.78 is 59.5. The number of nitrogens with one attached hydrogen (secondary N) is 1. The fraction of sp³-hybridized carbons (Fsp3) is 0.390. The molecular weight excluding hydrogens is 665 g/mol. The average molecular weight is 721 g/mol. The summed E-state index contributed by atoms with van der Waals surface area (Å²) in [5.41, 5.74) is 2.64. The van der Waals surface area contributed by atoms with Gasteiger partial charge in [0.05, 0.1) is 23.8 Å². The van der Waals surface area contributed by atoms with E-state index in [0.717, 1.165) is 11.1 Å². The highest BCUT2D eigenvalue weighted by molar-refractivity contribution is 7.93. The third-order valence-electron chi connectivity index (χ3n) is 7.25. The van der Waals surface area contributed by atoms with E-state index in [-0.39, 0.29) is 41.6 Å². The topological polar surface area (TPSA) is 105 Å². The van der Waals surface area contributed by atoms with Crippen molar-refractivity contribution in [1.29, 1.82) is 0 Å². The molecule has 10 heteroatoms. The molecule has 278 valence electrons. The Morgan fingerprint density at radius 2 is 1.69 bits per heavy atom. The van der Waals surface area contributed by atoms with Crippen LogP contribution in [0.1, 0.15) is 87.3 Å². The van der Waals surface area contributed by atoms with E-state index in [1.54, 1.807) is 50.3 Å². The summed E-state index contributed by atoms with van der Waals surface area (Å²) in [7, 11) is -2.58. The van der Waals surface area contributed by atoms with E-state index in [2.05, 4.69) is 31.1 Å². The van der Waals surface area contributed by atoms with Gasteiger partial charge in [-0.05, 0) is 88.4 Å². The van der Waals surface area contributed by atoms with E-state index < -0.39 is 16.1 Å². The number of para-hydroxylation sites is 2. The highest BCUT2D eigenvalue weighted by atomic mass is 32.2. The lowest BCUT2D eigenvalue weighted by atomic mass is 10.0. The normalized spacial score (nSPS) is 14.1. The molecular formula is C41H56N2O7S. The number of terminal acetylenes is 1. The highest BCUT2D eigenvalue weighted by Gasteiger charge is 2.25. The van der Waals surface area contributed by atoms with Crippen molar-refractivity contribution in [2.45, 2.75) is 81.7 Å². The van der Waals surface area contributed by atoms with Gasteiger partial charge in [-0.3, -0.25) is 4.72 Å². The third kappa shape index (κ3) is 13.4. The molecule has 1 atom stereocenters. The van der Waals surface area contributed by atoms with Crippen molar-refractivity contribution < 1.29 is 32.1 Å². The highest BCUT2D eigenvalue weighted by Crippen LogP contribution is 2.35. The van der Waals surface area contributed by atoms with Crippen molar-refractivity contribution in [3.63, 3.8) is 0 Å². The van der Waals surface area contributed by atoms with Gasteiger partial charge in [0.2, 0.25) is 12.6 Å². The summed E-state index contributed by atoms with van der Waals surface area (Å²) >= 11 is 0. The monoisotopic (exact) mass is 720 g/mol. The number of hydrogen-bond donors (Lipinski definition) is 1. The zero-order valence-corrected chi connectivity index (χ0v) is 32.9. The van der Waals surface area contributed by atoms with E-state index in [1.165, 1.54) is 7.11 Å². The maximum absolute atomic E-state index is 14.0. The molecule has 0 fully saturated rings. The molecule has 1 N–H and O–H groups in total. The molecule has 1 heterocycles. The summed E-state index contributed by atoms with van der Waals surface area (Å²) in [6, 6.07) is 12.0.